The van der Waals surface area contributed by atoms with Crippen LogP contribution >= 0.6 is 7.82 Å². The van der Waals surface area contributed by atoms with Gasteiger partial charge in [-0.1, -0.05) is 133 Å². The molecular formula is C31H51O6P. The maximum absolute atomic E-state index is 10.9. The van der Waals surface area contributed by atoms with Crippen molar-refractivity contribution in [2.45, 2.75) is 116 Å². The highest BCUT2D eigenvalue weighted by Crippen LogP contribution is 2.35. The van der Waals surface area contributed by atoms with Crippen LogP contribution in [-0.4, -0.2) is 35.7 Å². The lowest BCUT2D eigenvalue weighted by molar-refractivity contribution is 0.0277. The van der Waals surface area contributed by atoms with Gasteiger partial charge in [0, 0.05) is 5.39 Å². The van der Waals surface area contributed by atoms with Crippen molar-refractivity contribution in [1.82, 2.24) is 0 Å². The molecule has 0 aliphatic carbocycles. The highest BCUT2D eigenvalue weighted by Gasteiger charge is 2.15. The molecule has 6 nitrogen and oxygen atoms in total. The highest BCUT2D eigenvalue weighted by molar-refractivity contribution is 7.46. The van der Waals surface area contributed by atoms with E-state index in [4.69, 9.17) is 19.3 Å². The molecule has 0 aliphatic rings. The molecule has 1 unspecified atom stereocenters. The third-order valence-corrected chi connectivity index (χ3v) is 7.48. The van der Waals surface area contributed by atoms with Crippen LogP contribution in [0, 0.1) is 0 Å². The smallest absolute Gasteiger partial charge is 0.469 e. The predicted octanol–water partition coefficient (Wildman–Crippen LogP) is 8.97. The topological polar surface area (TPSA) is 85.2 Å². The van der Waals surface area contributed by atoms with E-state index in [1.165, 1.54) is 89.9 Å². The van der Waals surface area contributed by atoms with Gasteiger partial charge in [-0.05, 0) is 24.3 Å². The molecule has 0 amide bonds. The Kier molecular flexibility index (Phi) is 17.7. The first-order valence-corrected chi connectivity index (χ1v) is 16.4. The van der Waals surface area contributed by atoms with Gasteiger partial charge in [-0.3, -0.25) is 4.52 Å². The number of hydrogen-bond acceptors (Lipinski definition) is 4. The molecule has 2 aromatic rings. The molecule has 0 saturated carbocycles. The Morgan fingerprint density at radius 1 is 0.711 bits per heavy atom. The summed E-state index contributed by atoms with van der Waals surface area (Å²) in [6.45, 7) is 2.59. The largest absolute Gasteiger partial charge is 0.487 e. The SMILES string of the molecule is CCCCCCCCCCCCCCCCCC(COCCOP(=O)(O)O)Oc1cccc2ccccc12. The Balaban J connectivity index is 1.63. The molecular weight excluding hydrogens is 499 g/mol. The monoisotopic (exact) mass is 550 g/mol. The third-order valence-electron chi connectivity index (χ3n) is 6.96. The lowest BCUT2D eigenvalue weighted by Crippen LogP contribution is -2.24. The van der Waals surface area contributed by atoms with E-state index in [0.29, 0.717) is 6.61 Å². The standard InChI is InChI=1S/C31H51O6P/c1-2-3-4-5-6-7-8-9-10-11-12-13-14-15-16-22-29(27-35-25-26-36-38(32,33)34)37-31-24-19-21-28-20-17-18-23-30(28)31/h17-21,23-24,29H,2-16,22,25-27H2,1H3,(H2,32,33,34). The Labute approximate surface area is 230 Å². The summed E-state index contributed by atoms with van der Waals surface area (Å²) in [5.41, 5.74) is 0. The normalized spacial score (nSPS) is 12.7. The number of benzene rings is 2. The highest BCUT2D eigenvalue weighted by atomic mass is 31.2. The second-order valence-electron chi connectivity index (χ2n) is 10.4. The van der Waals surface area contributed by atoms with Crippen molar-refractivity contribution < 1.29 is 28.3 Å². The van der Waals surface area contributed by atoms with E-state index in [2.05, 4.69) is 29.6 Å². The lowest BCUT2D eigenvalue weighted by Gasteiger charge is -2.20. The molecule has 0 fully saturated rings. The van der Waals surface area contributed by atoms with Crippen LogP contribution in [0.25, 0.3) is 10.8 Å². The molecule has 0 bridgehead atoms. The molecule has 2 rings (SSSR count). The van der Waals surface area contributed by atoms with Gasteiger partial charge in [0.15, 0.2) is 0 Å². The van der Waals surface area contributed by atoms with E-state index >= 15 is 0 Å². The summed E-state index contributed by atoms with van der Waals surface area (Å²) >= 11 is 0. The van der Waals surface area contributed by atoms with Gasteiger partial charge in [-0.15, -0.1) is 0 Å². The number of ether oxygens (including phenoxy) is 2. The Morgan fingerprint density at radius 2 is 1.26 bits per heavy atom. The second kappa shape index (κ2) is 20.5. The van der Waals surface area contributed by atoms with Gasteiger partial charge in [0.25, 0.3) is 0 Å². The minimum Gasteiger partial charge on any atom is -0.487 e. The van der Waals surface area contributed by atoms with Gasteiger partial charge in [0.05, 0.1) is 19.8 Å². The van der Waals surface area contributed by atoms with Crippen LogP contribution in [-0.2, 0) is 13.8 Å². The number of hydrogen-bond donors (Lipinski definition) is 2. The molecule has 2 aromatic carbocycles. The van der Waals surface area contributed by atoms with Crippen LogP contribution in [0.5, 0.6) is 5.75 Å². The molecule has 0 aromatic heterocycles. The molecule has 0 aliphatic heterocycles. The summed E-state index contributed by atoms with van der Waals surface area (Å²) in [4.78, 5) is 17.7. The average molecular weight is 551 g/mol. The van der Waals surface area contributed by atoms with E-state index in [0.717, 1.165) is 29.4 Å². The Bertz CT molecular complexity index is 894. The summed E-state index contributed by atoms with van der Waals surface area (Å²) in [6, 6.07) is 14.2. The maximum Gasteiger partial charge on any atom is 0.469 e. The summed E-state index contributed by atoms with van der Waals surface area (Å²) in [5, 5.41) is 2.20. The van der Waals surface area contributed by atoms with Crippen LogP contribution in [0.15, 0.2) is 42.5 Å². The van der Waals surface area contributed by atoms with Crippen LogP contribution in [0.1, 0.15) is 110 Å². The van der Waals surface area contributed by atoms with E-state index in [-0.39, 0.29) is 19.3 Å². The molecule has 0 saturated heterocycles. The number of rotatable bonds is 24. The zero-order valence-corrected chi connectivity index (χ0v) is 24.4. The minimum absolute atomic E-state index is 0.110. The fourth-order valence-corrected chi connectivity index (χ4v) is 5.14. The van der Waals surface area contributed by atoms with Gasteiger partial charge in [0.2, 0.25) is 0 Å². The van der Waals surface area contributed by atoms with E-state index in [1.54, 1.807) is 0 Å². The summed E-state index contributed by atoms with van der Waals surface area (Å²) in [5.74, 6) is 0.837. The average Bonchev–Trinajstić information content (AvgIpc) is 2.90. The number of fused-ring (bicyclic) bond motifs is 1. The van der Waals surface area contributed by atoms with Crippen LogP contribution < -0.4 is 4.74 Å². The van der Waals surface area contributed by atoms with Crippen LogP contribution in [0.4, 0.5) is 0 Å². The van der Waals surface area contributed by atoms with Gasteiger partial charge >= 0.3 is 7.82 Å². The molecule has 2 N–H and O–H groups in total. The minimum atomic E-state index is -4.47. The maximum atomic E-state index is 10.9. The number of phosphoric acid groups is 1. The molecule has 216 valence electrons. The van der Waals surface area contributed by atoms with E-state index in [9.17, 15) is 4.57 Å². The van der Waals surface area contributed by atoms with Crippen molar-refractivity contribution in [1.29, 1.82) is 0 Å². The van der Waals surface area contributed by atoms with Crippen LogP contribution in [0.2, 0.25) is 0 Å². The Hall–Kier alpha value is -1.43. The van der Waals surface area contributed by atoms with Gasteiger partial charge in [-0.2, -0.15) is 0 Å². The zero-order chi connectivity index (χ0) is 27.3. The molecule has 0 spiro atoms. The van der Waals surface area contributed by atoms with Crippen molar-refractivity contribution in [3.63, 3.8) is 0 Å². The molecule has 7 heteroatoms. The molecule has 0 radical (unpaired) electrons. The predicted molar refractivity (Wildman–Crippen MR) is 157 cm³/mol. The van der Waals surface area contributed by atoms with Gasteiger partial charge < -0.3 is 19.3 Å². The molecule has 0 heterocycles. The van der Waals surface area contributed by atoms with E-state index < -0.39 is 7.82 Å². The number of phosphoric ester groups is 1. The molecule has 1 atom stereocenters. The van der Waals surface area contributed by atoms with E-state index in [1.807, 2.05) is 24.3 Å². The quantitative estimate of drug-likeness (QED) is 0.100. The summed E-state index contributed by atoms with van der Waals surface area (Å²) in [6.07, 6.45) is 20.7. The summed E-state index contributed by atoms with van der Waals surface area (Å²) < 4.78 is 27.4. The lowest BCUT2D eigenvalue weighted by atomic mass is 10.0. The van der Waals surface area contributed by atoms with Crippen molar-refractivity contribution in [2.75, 3.05) is 19.8 Å². The van der Waals surface area contributed by atoms with Crippen LogP contribution in [0.3, 0.4) is 0 Å². The van der Waals surface area contributed by atoms with Crippen molar-refractivity contribution in [2.24, 2.45) is 0 Å². The fraction of sp³-hybridized carbons (Fsp3) is 0.677. The van der Waals surface area contributed by atoms with Crippen molar-refractivity contribution in [3.05, 3.63) is 42.5 Å². The van der Waals surface area contributed by atoms with Crippen molar-refractivity contribution >= 4 is 18.6 Å². The molecule has 38 heavy (non-hydrogen) atoms. The third kappa shape index (κ3) is 15.9. The Morgan fingerprint density at radius 3 is 1.87 bits per heavy atom. The summed E-state index contributed by atoms with van der Waals surface area (Å²) in [7, 11) is -4.47. The second-order valence-corrected chi connectivity index (χ2v) is 11.6. The fourth-order valence-electron chi connectivity index (χ4n) is 4.83. The first kappa shape index (κ1) is 32.8. The van der Waals surface area contributed by atoms with Gasteiger partial charge in [0.1, 0.15) is 11.9 Å². The number of unbranched alkanes of at least 4 members (excludes halogenated alkanes) is 14. The van der Waals surface area contributed by atoms with Crippen molar-refractivity contribution in [3.8, 4) is 5.75 Å². The first-order chi connectivity index (χ1) is 18.5. The zero-order valence-electron chi connectivity index (χ0n) is 23.5. The van der Waals surface area contributed by atoms with Gasteiger partial charge in [-0.25, -0.2) is 4.57 Å². The first-order valence-electron chi connectivity index (χ1n) is 14.9.